The molecule has 1 heterocycles. The summed E-state index contributed by atoms with van der Waals surface area (Å²) in [7, 11) is 0. The van der Waals surface area contributed by atoms with Crippen molar-refractivity contribution in [1.29, 1.82) is 0 Å². The number of nitrogens with one attached hydrogen (secondary N) is 2. The zero-order valence-electron chi connectivity index (χ0n) is 16.4. The van der Waals surface area contributed by atoms with Crippen molar-refractivity contribution < 1.29 is 14.6 Å². The normalized spacial score (nSPS) is 22.0. The minimum atomic E-state index is -0.222. The molecule has 0 spiro atoms. The molecule has 1 fully saturated rings. The van der Waals surface area contributed by atoms with Crippen LogP contribution in [-0.4, -0.2) is 50.0 Å². The van der Waals surface area contributed by atoms with Crippen molar-refractivity contribution in [3.8, 4) is 5.75 Å². The Morgan fingerprint density at radius 1 is 1.38 bits per heavy atom. The van der Waals surface area contributed by atoms with E-state index in [2.05, 4.69) is 48.4 Å². The molecule has 6 nitrogen and oxygen atoms in total. The number of anilines is 1. The number of urea groups is 1. The Kier molecular flexibility index (Phi) is 7.14. The first-order valence-corrected chi connectivity index (χ1v) is 9.49. The number of hydrogen-bond donors (Lipinski definition) is 3. The lowest BCUT2D eigenvalue weighted by Crippen LogP contribution is -2.54. The summed E-state index contributed by atoms with van der Waals surface area (Å²) >= 11 is 0. The predicted octanol–water partition coefficient (Wildman–Crippen LogP) is 2.62. The molecule has 1 aliphatic heterocycles. The zero-order valence-corrected chi connectivity index (χ0v) is 16.4. The third-order valence-electron chi connectivity index (χ3n) is 5.28. The molecule has 0 saturated carbocycles. The number of amides is 2. The fourth-order valence-corrected chi connectivity index (χ4v) is 3.69. The molecule has 0 aliphatic carbocycles. The number of piperidine rings is 1. The third kappa shape index (κ3) is 5.27. The Morgan fingerprint density at radius 2 is 2.15 bits per heavy atom. The van der Waals surface area contributed by atoms with Gasteiger partial charge in [0.1, 0.15) is 5.75 Å². The minimum absolute atomic E-state index is 0.0503. The number of hydrogen-bond acceptors (Lipinski definition) is 4. The van der Waals surface area contributed by atoms with E-state index in [1.807, 2.05) is 19.1 Å². The van der Waals surface area contributed by atoms with Crippen molar-refractivity contribution in [1.82, 2.24) is 10.6 Å². The van der Waals surface area contributed by atoms with Gasteiger partial charge in [0.2, 0.25) is 0 Å². The third-order valence-corrected chi connectivity index (χ3v) is 5.28. The van der Waals surface area contributed by atoms with Gasteiger partial charge in [0.05, 0.1) is 13.2 Å². The topological polar surface area (TPSA) is 73.8 Å². The summed E-state index contributed by atoms with van der Waals surface area (Å²) in [4.78, 5) is 14.2. The van der Waals surface area contributed by atoms with Gasteiger partial charge in [0.25, 0.3) is 0 Å². The van der Waals surface area contributed by atoms with Crippen molar-refractivity contribution in [3.63, 3.8) is 0 Å². The molecule has 2 atom stereocenters. The number of carbonyl (C=O) groups excluding carboxylic acids is 1. The van der Waals surface area contributed by atoms with Crippen molar-refractivity contribution in [2.75, 3.05) is 37.7 Å². The molecule has 0 aromatic heterocycles. The summed E-state index contributed by atoms with van der Waals surface area (Å²) in [6.07, 6.45) is 1.05. The maximum absolute atomic E-state index is 11.8. The number of rotatable bonds is 7. The average molecular weight is 364 g/mol. The summed E-state index contributed by atoms with van der Waals surface area (Å²) < 4.78 is 5.66. The Bertz CT molecular complexity index is 591. The summed E-state index contributed by atoms with van der Waals surface area (Å²) in [5, 5.41) is 14.4. The second kappa shape index (κ2) is 9.12. The number of nitrogens with zero attached hydrogens (tertiary/aromatic N) is 1. The highest BCUT2D eigenvalue weighted by atomic mass is 16.5. The first kappa shape index (κ1) is 20.4. The minimum Gasteiger partial charge on any atom is -0.494 e. The molecule has 1 saturated heterocycles. The van der Waals surface area contributed by atoms with Crippen LogP contribution < -0.4 is 20.3 Å². The predicted molar refractivity (Wildman–Crippen MR) is 105 cm³/mol. The van der Waals surface area contributed by atoms with Crippen LogP contribution in [-0.2, 0) is 0 Å². The number of benzene rings is 1. The second-order valence-corrected chi connectivity index (χ2v) is 7.68. The Balaban J connectivity index is 2.08. The van der Waals surface area contributed by atoms with E-state index in [-0.39, 0.29) is 24.6 Å². The molecule has 146 valence electrons. The fraction of sp³-hybridized carbons (Fsp3) is 0.650. The van der Waals surface area contributed by atoms with Gasteiger partial charge in [-0.05, 0) is 43.7 Å². The molecular weight excluding hydrogens is 330 g/mol. The fourth-order valence-electron chi connectivity index (χ4n) is 3.69. The standard InChI is InChI=1S/C20H33N3O3/c1-5-26-18-8-6-7-17(11-18)23-14-16(12-20(3,4)15(23)2)13-22-19(25)21-9-10-24/h6-8,11,15-16,24H,5,9-10,12-14H2,1-4H3,(H2,21,22,25). The monoisotopic (exact) mass is 363 g/mol. The van der Waals surface area contributed by atoms with Crippen LogP contribution in [0.5, 0.6) is 5.75 Å². The largest absolute Gasteiger partial charge is 0.494 e. The highest BCUT2D eigenvalue weighted by Gasteiger charge is 2.39. The van der Waals surface area contributed by atoms with Gasteiger partial charge >= 0.3 is 6.03 Å². The van der Waals surface area contributed by atoms with Crippen molar-refractivity contribution >= 4 is 11.7 Å². The van der Waals surface area contributed by atoms with Gasteiger partial charge in [0, 0.05) is 37.4 Å². The van der Waals surface area contributed by atoms with Gasteiger partial charge in [0.15, 0.2) is 0 Å². The van der Waals surface area contributed by atoms with E-state index < -0.39 is 0 Å². The molecule has 1 aromatic carbocycles. The molecular formula is C20H33N3O3. The second-order valence-electron chi connectivity index (χ2n) is 7.68. The molecule has 1 aromatic rings. The van der Waals surface area contributed by atoms with Crippen LogP contribution in [0.15, 0.2) is 24.3 Å². The van der Waals surface area contributed by atoms with Crippen molar-refractivity contribution in [2.24, 2.45) is 11.3 Å². The van der Waals surface area contributed by atoms with Crippen molar-refractivity contribution in [2.45, 2.75) is 40.2 Å². The summed E-state index contributed by atoms with van der Waals surface area (Å²) in [6.45, 7) is 11.2. The van der Waals surface area contributed by atoms with E-state index in [9.17, 15) is 4.79 Å². The van der Waals surface area contributed by atoms with E-state index in [0.29, 0.717) is 25.1 Å². The molecule has 3 N–H and O–H groups in total. The summed E-state index contributed by atoms with van der Waals surface area (Å²) in [6, 6.07) is 8.40. The Hall–Kier alpha value is -1.95. The van der Waals surface area contributed by atoms with Crippen LogP contribution in [0.2, 0.25) is 0 Å². The highest BCUT2D eigenvalue weighted by Crippen LogP contribution is 2.40. The van der Waals surface area contributed by atoms with Gasteiger partial charge in [-0.1, -0.05) is 19.9 Å². The first-order valence-electron chi connectivity index (χ1n) is 9.49. The van der Waals surface area contributed by atoms with Gasteiger partial charge in [-0.25, -0.2) is 4.79 Å². The summed E-state index contributed by atoms with van der Waals surface area (Å²) in [5.41, 5.74) is 1.29. The van der Waals surface area contributed by atoms with Gasteiger partial charge < -0.3 is 25.4 Å². The van der Waals surface area contributed by atoms with E-state index >= 15 is 0 Å². The van der Waals surface area contributed by atoms with Gasteiger partial charge in [-0.2, -0.15) is 0 Å². The Morgan fingerprint density at radius 3 is 2.85 bits per heavy atom. The number of aliphatic hydroxyl groups is 1. The number of carbonyl (C=O) groups is 1. The Labute approximate surface area is 156 Å². The van der Waals surface area contributed by atoms with Crippen LogP contribution in [0.3, 0.4) is 0 Å². The highest BCUT2D eigenvalue weighted by molar-refractivity contribution is 5.73. The molecule has 2 amide bonds. The van der Waals surface area contributed by atoms with Crippen LogP contribution in [0.4, 0.5) is 10.5 Å². The van der Waals surface area contributed by atoms with Crippen LogP contribution in [0, 0.1) is 11.3 Å². The van der Waals surface area contributed by atoms with E-state index in [1.54, 1.807) is 0 Å². The molecule has 2 rings (SSSR count). The lowest BCUT2D eigenvalue weighted by molar-refractivity contribution is 0.170. The van der Waals surface area contributed by atoms with Crippen molar-refractivity contribution in [3.05, 3.63) is 24.3 Å². The lowest BCUT2D eigenvalue weighted by Gasteiger charge is -2.49. The van der Waals surface area contributed by atoms with Gasteiger partial charge in [-0.3, -0.25) is 0 Å². The van der Waals surface area contributed by atoms with E-state index in [0.717, 1.165) is 24.4 Å². The van der Waals surface area contributed by atoms with Crippen LogP contribution in [0.1, 0.15) is 34.1 Å². The molecule has 0 radical (unpaired) electrons. The SMILES string of the molecule is CCOc1cccc(N2CC(CNC(=O)NCCO)CC(C)(C)C2C)c1. The molecule has 0 bridgehead atoms. The number of aliphatic hydroxyl groups excluding tert-OH is 1. The number of ether oxygens (including phenoxy) is 1. The average Bonchev–Trinajstić information content (AvgIpc) is 2.61. The maximum Gasteiger partial charge on any atom is 0.314 e. The van der Waals surface area contributed by atoms with Gasteiger partial charge in [-0.15, -0.1) is 0 Å². The lowest BCUT2D eigenvalue weighted by atomic mass is 9.73. The molecule has 1 aliphatic rings. The van der Waals surface area contributed by atoms with E-state index in [1.165, 1.54) is 0 Å². The van der Waals surface area contributed by atoms with E-state index in [4.69, 9.17) is 9.84 Å². The molecule has 26 heavy (non-hydrogen) atoms. The molecule has 6 heteroatoms. The maximum atomic E-state index is 11.8. The van der Waals surface area contributed by atoms with Crippen LogP contribution in [0.25, 0.3) is 0 Å². The smallest absolute Gasteiger partial charge is 0.314 e. The molecule has 2 unspecified atom stereocenters. The first-order chi connectivity index (χ1) is 12.4. The van der Waals surface area contributed by atoms with Crippen LogP contribution >= 0.6 is 0 Å². The summed E-state index contributed by atoms with van der Waals surface area (Å²) in [5.74, 6) is 1.25. The zero-order chi connectivity index (χ0) is 19.2. The quantitative estimate of drug-likeness (QED) is 0.696.